The highest BCUT2D eigenvalue weighted by Gasteiger charge is 2.38. The highest BCUT2D eigenvalue weighted by Crippen LogP contribution is 2.48. The van der Waals surface area contributed by atoms with Gasteiger partial charge in [-0.3, -0.25) is 24.2 Å². The number of para-hydroxylation sites is 2. The third kappa shape index (κ3) is 19.4. The number of aryl methyl sites for hydroxylation is 2. The predicted octanol–water partition coefficient (Wildman–Crippen LogP) is 20.4. The van der Waals surface area contributed by atoms with Gasteiger partial charge in [0.05, 0.1) is 37.6 Å². The van der Waals surface area contributed by atoms with Gasteiger partial charge in [0.15, 0.2) is 0 Å². The number of aliphatic hydroxyl groups excluding tert-OH is 1. The number of sulfonamides is 2. The molecule has 5 N–H and O–H groups in total. The van der Waals surface area contributed by atoms with Crippen LogP contribution < -0.4 is 0 Å². The van der Waals surface area contributed by atoms with Gasteiger partial charge in [-0.15, -0.1) is 11.8 Å². The van der Waals surface area contributed by atoms with Crippen LogP contribution >= 0.6 is 11.8 Å². The number of pyridine rings is 2. The normalized spacial score (nSPS) is 17.8. The highest BCUT2D eigenvalue weighted by molar-refractivity contribution is 7.99. The average Bonchev–Trinajstić information content (AvgIpc) is 1.65. The molecule has 28 heteroatoms. The second-order valence-corrected chi connectivity index (χ2v) is 39.1. The van der Waals surface area contributed by atoms with E-state index in [0.29, 0.717) is 106 Å². The van der Waals surface area contributed by atoms with Crippen LogP contribution in [0.4, 0.5) is 17.6 Å². The maximum Gasteiger partial charge on any atom is 0.323 e. The quantitative estimate of drug-likeness (QED) is 0.0443. The van der Waals surface area contributed by atoms with Crippen molar-refractivity contribution in [2.24, 2.45) is 5.92 Å². The van der Waals surface area contributed by atoms with Gasteiger partial charge in [0.2, 0.25) is 20.0 Å². The summed E-state index contributed by atoms with van der Waals surface area (Å²) in [4.78, 5) is 55.7. The molecule has 0 radical (unpaired) electrons. The Morgan fingerprint density at radius 2 is 0.756 bits per heavy atom. The number of hydrogen-bond acceptors (Lipinski definition) is 12. The number of piperidine rings is 2. The topological polar surface area (TPSA) is 290 Å². The van der Waals surface area contributed by atoms with Crippen LogP contribution in [0.3, 0.4) is 0 Å². The van der Waals surface area contributed by atoms with Gasteiger partial charge < -0.3 is 43.8 Å². The number of carboxylic acid groups (broad SMARTS) is 4. The predicted molar refractivity (Wildman–Crippen MR) is 485 cm³/mol. The van der Waals surface area contributed by atoms with Gasteiger partial charge in [-0.1, -0.05) is 78.9 Å². The molecule has 662 valence electrons. The standard InChI is InChI=1S/C27H27FN2O3.C26H25FN2O2S.2C23H25FN2O4S/c1-16-26(21-14-20(28)11-13-24(21)30(16)15-25(31)32)18-6-8-19(9-7-18)27(33)23-12-10-17-4-2-3-5-22(17)29-23;1-16-26(21-14-19(27)9-12-23(21)29(16)15-25(30)31)18-6-10-20(11-7-18)32-24-13-8-17-4-2-3-5-22(17)28-24;1-15-4-3-5-19(12-15)31(29,30)25-10-8-17(9-11-25)23-16(2)26(14-22(27)28)21-7-6-18(24)13-20(21)23;1-15-5-3-4-6-21(15)31(29,30)25-11-9-17(10-12-25)23-16(2)26(14-22(27)28)20-8-7-18(24)13-19(20)23/h2-5,10-14,18-19,27,33H,6-9,15H2,1H3,(H,31,32);2-5,8-9,12-14,18,20H,6-7,10-11,15H2,1H3,(H,30,31);3-7,12-13,17H,8-11,14H2,1-2H3,(H,27,28);3-8,13,17H,9-12,14H2,1-2H3,(H,27,28). The summed E-state index contributed by atoms with van der Waals surface area (Å²) in [5.74, 6) is -4.38. The molecule has 18 rings (SSSR count). The van der Waals surface area contributed by atoms with Crippen LogP contribution in [0.2, 0.25) is 0 Å². The Morgan fingerprint density at radius 3 is 1.16 bits per heavy atom. The summed E-state index contributed by atoms with van der Waals surface area (Å²) in [7, 11) is -7.15. The fourth-order valence-corrected chi connectivity index (χ4v) is 24.4. The Balaban J connectivity index is 0.000000131. The number of carboxylic acids is 4. The van der Waals surface area contributed by atoms with Crippen molar-refractivity contribution < 1.29 is 79.1 Å². The number of rotatable bonds is 20. The van der Waals surface area contributed by atoms with Crippen LogP contribution in [0.1, 0.15) is 169 Å². The molecule has 14 aromatic rings. The third-order valence-corrected chi connectivity index (χ3v) is 31.3. The minimum Gasteiger partial charge on any atom is -0.480 e. The van der Waals surface area contributed by atoms with Crippen molar-refractivity contribution in [3.8, 4) is 0 Å². The molecule has 0 amide bonds. The van der Waals surface area contributed by atoms with E-state index >= 15 is 0 Å². The van der Waals surface area contributed by atoms with Crippen LogP contribution in [0.5, 0.6) is 0 Å². The second kappa shape index (κ2) is 38.2. The lowest BCUT2D eigenvalue weighted by Crippen LogP contribution is -2.38. The van der Waals surface area contributed by atoms with Crippen molar-refractivity contribution in [1.82, 2.24) is 36.8 Å². The van der Waals surface area contributed by atoms with E-state index in [1.807, 2.05) is 118 Å². The molecule has 4 fully saturated rings. The van der Waals surface area contributed by atoms with Gasteiger partial charge in [-0.05, 0) is 297 Å². The molecule has 0 spiro atoms. The van der Waals surface area contributed by atoms with Gasteiger partial charge in [0.25, 0.3) is 0 Å². The van der Waals surface area contributed by atoms with Crippen LogP contribution in [0.15, 0.2) is 209 Å². The number of aliphatic hydroxyl groups is 1. The third-order valence-electron chi connectivity index (χ3n) is 26.1. The van der Waals surface area contributed by atoms with Crippen LogP contribution in [-0.2, 0) is 65.4 Å². The summed E-state index contributed by atoms with van der Waals surface area (Å²) < 4.78 is 118. The van der Waals surface area contributed by atoms with Crippen molar-refractivity contribution in [2.45, 2.75) is 195 Å². The van der Waals surface area contributed by atoms with Gasteiger partial charge in [0, 0.05) is 109 Å². The number of aliphatic carboxylic acids is 4. The first-order valence-electron chi connectivity index (χ1n) is 43.0. The summed E-state index contributed by atoms with van der Waals surface area (Å²) in [6.07, 6.45) is 9.27. The first kappa shape index (κ1) is 90.3. The molecule has 2 aliphatic carbocycles. The van der Waals surface area contributed by atoms with E-state index in [1.54, 1.807) is 87.4 Å². The zero-order valence-electron chi connectivity index (χ0n) is 71.5. The molecule has 2 saturated heterocycles. The fraction of sp³-hybridized carbons (Fsp3) is 0.333. The maximum atomic E-state index is 14.1. The Morgan fingerprint density at radius 1 is 0.394 bits per heavy atom. The molecule has 1 atom stereocenters. The molecule has 6 aromatic heterocycles. The molecule has 127 heavy (non-hydrogen) atoms. The number of benzene rings is 8. The lowest BCUT2D eigenvalue weighted by Gasteiger charge is -2.32. The summed E-state index contributed by atoms with van der Waals surface area (Å²) in [5.41, 5.74) is 14.6. The lowest BCUT2D eigenvalue weighted by molar-refractivity contribution is -0.138. The van der Waals surface area contributed by atoms with Gasteiger partial charge in [-0.25, -0.2) is 39.4 Å². The fourth-order valence-electron chi connectivity index (χ4n) is 20.0. The molecule has 2 aliphatic heterocycles. The Bertz CT molecular complexity index is 6780. The Labute approximate surface area is 738 Å². The summed E-state index contributed by atoms with van der Waals surface area (Å²) in [5, 5.41) is 55.2. The van der Waals surface area contributed by atoms with Crippen LogP contribution in [-0.4, -0.2) is 135 Å². The highest BCUT2D eigenvalue weighted by atomic mass is 32.2. The van der Waals surface area contributed by atoms with Crippen molar-refractivity contribution in [1.29, 1.82) is 0 Å². The minimum atomic E-state index is -3.58. The Hall–Kier alpha value is -11.5. The molecule has 8 aromatic carbocycles. The van der Waals surface area contributed by atoms with Crippen molar-refractivity contribution in [2.75, 3.05) is 26.2 Å². The first-order chi connectivity index (χ1) is 60.8. The lowest BCUT2D eigenvalue weighted by atomic mass is 9.75. The summed E-state index contributed by atoms with van der Waals surface area (Å²) in [6.45, 7) is 12.1. The largest absolute Gasteiger partial charge is 0.480 e. The SMILES string of the molecule is Cc1c(C2CCC(C(O)c3ccc4ccccc4n3)CC2)c2cc(F)ccc2n1CC(=O)O.Cc1c(C2CCC(Sc3ccc4ccccc4n3)CC2)c2cc(F)ccc2n1CC(=O)O.Cc1cccc(S(=O)(=O)N2CCC(c3c(C)n(CC(=O)O)c4ccc(F)cc34)CC2)c1.Cc1ccccc1S(=O)(=O)N1CCC(c2c(C)n(CC(=O)O)c3ccc(F)cc23)CC1. The average molecular weight is 1780 g/mol. The van der Waals surface area contributed by atoms with E-state index in [0.717, 1.165) is 151 Å². The molecule has 21 nitrogen and oxygen atoms in total. The number of halogens is 4. The van der Waals surface area contributed by atoms with E-state index in [1.165, 1.54) is 51.1 Å². The van der Waals surface area contributed by atoms with Gasteiger partial charge in [-0.2, -0.15) is 8.61 Å². The first-order valence-corrected chi connectivity index (χ1v) is 46.7. The minimum absolute atomic E-state index is 0.0302. The zero-order valence-corrected chi connectivity index (χ0v) is 73.9. The molecule has 4 aliphatic rings. The number of nitrogens with zero attached hydrogens (tertiary/aromatic N) is 8. The second-order valence-electron chi connectivity index (χ2n) is 33.9. The monoisotopic (exact) mass is 1780 g/mol. The van der Waals surface area contributed by atoms with Crippen molar-refractivity contribution in [3.63, 3.8) is 0 Å². The molecule has 8 heterocycles. The summed E-state index contributed by atoms with van der Waals surface area (Å²) in [6, 6.07) is 56.1. The molecule has 2 saturated carbocycles. The van der Waals surface area contributed by atoms with Crippen LogP contribution in [0, 0.1) is 70.7 Å². The van der Waals surface area contributed by atoms with E-state index < -0.39 is 50.0 Å². The van der Waals surface area contributed by atoms with E-state index in [9.17, 15) is 79.1 Å². The van der Waals surface area contributed by atoms with E-state index in [2.05, 4.69) is 23.2 Å². The molecular weight excluding hydrogens is 1680 g/mol. The van der Waals surface area contributed by atoms with Gasteiger partial charge >= 0.3 is 23.9 Å². The molecule has 0 bridgehead atoms. The van der Waals surface area contributed by atoms with Crippen molar-refractivity contribution in [3.05, 3.63) is 279 Å². The van der Waals surface area contributed by atoms with Gasteiger partial charge in [0.1, 0.15) is 49.4 Å². The zero-order chi connectivity index (χ0) is 90.0. The van der Waals surface area contributed by atoms with E-state index in [4.69, 9.17) is 4.98 Å². The van der Waals surface area contributed by atoms with E-state index in [-0.39, 0.29) is 73.1 Å². The number of aromatic nitrogens is 6. The Kier molecular flexibility index (Phi) is 27.1. The number of thioether (sulfide) groups is 1. The van der Waals surface area contributed by atoms with Crippen molar-refractivity contribution >= 4 is 121 Å². The van der Waals surface area contributed by atoms with Crippen LogP contribution in [0.25, 0.3) is 65.4 Å². The number of hydrogen-bond donors (Lipinski definition) is 5. The number of fused-ring (bicyclic) bond motifs is 6. The maximum absolute atomic E-state index is 14.1. The summed E-state index contributed by atoms with van der Waals surface area (Å²) >= 11 is 1.85. The smallest absolute Gasteiger partial charge is 0.323 e. The number of carbonyl (C=O) groups is 4. The molecule has 1 unspecified atom stereocenters. The molecular formula is C99H102F4N8O13S3.